The minimum atomic E-state index is 0.472. The van der Waals surface area contributed by atoms with E-state index in [9.17, 15) is 0 Å². The van der Waals surface area contributed by atoms with Crippen LogP contribution in [0.15, 0.2) is 0 Å². The molecule has 2 nitrogen and oxygen atoms in total. The van der Waals surface area contributed by atoms with Crippen LogP contribution < -0.4 is 0 Å². The molecule has 2 unspecified atom stereocenters. The van der Waals surface area contributed by atoms with Crippen molar-refractivity contribution in [3.05, 3.63) is 0 Å². The molecule has 2 fully saturated rings. The Morgan fingerprint density at radius 3 is 2.43 bits per heavy atom. The maximum absolute atomic E-state index is 5.23. The molecule has 2 atom stereocenters. The summed E-state index contributed by atoms with van der Waals surface area (Å²) in [6.45, 7) is 1.75. The van der Waals surface area contributed by atoms with Crippen LogP contribution in [0.25, 0.3) is 0 Å². The molecule has 40 valence electrons. The average Bonchev–Trinajstić information content (AvgIpc) is 1.85. The molecule has 0 N–H and O–H groups in total. The van der Waals surface area contributed by atoms with Gasteiger partial charge in [-0.25, -0.2) is 0 Å². The monoisotopic (exact) mass is 100 g/mol. The van der Waals surface area contributed by atoms with E-state index in [4.69, 9.17) is 9.47 Å². The van der Waals surface area contributed by atoms with Crippen molar-refractivity contribution >= 4 is 0 Å². The van der Waals surface area contributed by atoms with Crippen molar-refractivity contribution in [3.8, 4) is 0 Å². The highest BCUT2D eigenvalue weighted by atomic mass is 16.6. The van der Waals surface area contributed by atoms with Crippen LogP contribution in [-0.2, 0) is 9.47 Å². The normalized spacial score (nSPS) is 48.0. The highest BCUT2D eigenvalue weighted by molar-refractivity contribution is 4.83. The van der Waals surface area contributed by atoms with Gasteiger partial charge < -0.3 is 9.47 Å². The zero-order valence-corrected chi connectivity index (χ0v) is 4.09. The van der Waals surface area contributed by atoms with Gasteiger partial charge in [-0.15, -0.1) is 0 Å². The van der Waals surface area contributed by atoms with Gasteiger partial charge in [-0.05, 0) is 6.42 Å². The fourth-order valence-corrected chi connectivity index (χ4v) is 1.07. The third-order valence-electron chi connectivity index (χ3n) is 1.62. The van der Waals surface area contributed by atoms with Gasteiger partial charge in [0.15, 0.2) is 0 Å². The molecule has 0 aliphatic carbocycles. The molecule has 0 spiro atoms. The zero-order valence-electron chi connectivity index (χ0n) is 4.09. The summed E-state index contributed by atoms with van der Waals surface area (Å²) in [5.41, 5.74) is 0. The lowest BCUT2D eigenvalue weighted by Crippen LogP contribution is -2.40. The first-order valence-electron chi connectivity index (χ1n) is 2.70. The summed E-state index contributed by atoms with van der Waals surface area (Å²) in [7, 11) is 0. The van der Waals surface area contributed by atoms with Gasteiger partial charge in [0, 0.05) is 6.61 Å². The van der Waals surface area contributed by atoms with Gasteiger partial charge >= 0.3 is 0 Å². The first-order valence-corrected chi connectivity index (χ1v) is 2.70. The first kappa shape index (κ1) is 3.87. The lowest BCUT2D eigenvalue weighted by molar-refractivity contribution is -0.135. The molecule has 0 radical (unpaired) electrons. The maximum atomic E-state index is 5.23. The molecule has 0 aromatic rings. The van der Waals surface area contributed by atoms with Crippen LogP contribution in [0, 0.1) is 0 Å². The smallest absolute Gasteiger partial charge is 0.107 e. The second-order valence-corrected chi connectivity index (χ2v) is 2.07. The summed E-state index contributed by atoms with van der Waals surface area (Å²) in [4.78, 5) is 0. The van der Waals surface area contributed by atoms with Crippen LogP contribution in [-0.4, -0.2) is 25.4 Å². The highest BCUT2D eigenvalue weighted by Crippen LogP contribution is 2.25. The lowest BCUT2D eigenvalue weighted by Gasteiger charge is -2.28. The van der Waals surface area contributed by atoms with Crippen LogP contribution in [0.2, 0.25) is 0 Å². The average molecular weight is 100 g/mol. The molecule has 2 aliphatic heterocycles. The fourth-order valence-electron chi connectivity index (χ4n) is 1.07. The number of hydrogen-bond donors (Lipinski definition) is 0. The minimum absolute atomic E-state index is 0.472. The van der Waals surface area contributed by atoms with Crippen molar-refractivity contribution in [3.63, 3.8) is 0 Å². The molecule has 0 amide bonds. The molecule has 0 aromatic carbocycles. The van der Waals surface area contributed by atoms with Crippen LogP contribution in [0.1, 0.15) is 6.42 Å². The highest BCUT2D eigenvalue weighted by Gasteiger charge is 2.37. The Balaban J connectivity index is 2.03. The predicted molar refractivity (Wildman–Crippen MR) is 24.1 cm³/mol. The van der Waals surface area contributed by atoms with Crippen LogP contribution in [0.4, 0.5) is 0 Å². The summed E-state index contributed by atoms with van der Waals surface area (Å²) in [6, 6.07) is 0. The summed E-state index contributed by atoms with van der Waals surface area (Å²) < 4.78 is 10.4. The van der Waals surface area contributed by atoms with Gasteiger partial charge in [-0.1, -0.05) is 0 Å². The Hall–Kier alpha value is -0.0800. The van der Waals surface area contributed by atoms with E-state index < -0.39 is 0 Å². The van der Waals surface area contributed by atoms with E-state index in [1.54, 1.807) is 0 Å². The molecule has 0 bridgehead atoms. The molecule has 0 aromatic heterocycles. The second kappa shape index (κ2) is 1.20. The van der Waals surface area contributed by atoms with E-state index in [-0.39, 0.29) is 0 Å². The molecule has 2 aliphatic rings. The van der Waals surface area contributed by atoms with Gasteiger partial charge in [0.1, 0.15) is 6.10 Å². The van der Waals surface area contributed by atoms with Crippen molar-refractivity contribution in [2.75, 3.05) is 13.2 Å². The summed E-state index contributed by atoms with van der Waals surface area (Å²) in [6.07, 6.45) is 2.06. The molecule has 2 heteroatoms. The minimum Gasteiger partial charge on any atom is -0.373 e. The first-order chi connectivity index (χ1) is 3.47. The fraction of sp³-hybridized carbons (Fsp3) is 1.00. The van der Waals surface area contributed by atoms with Crippen LogP contribution in [0.5, 0.6) is 0 Å². The van der Waals surface area contributed by atoms with Crippen LogP contribution in [0.3, 0.4) is 0 Å². The summed E-state index contributed by atoms with van der Waals surface area (Å²) in [5.74, 6) is 0. The topological polar surface area (TPSA) is 18.5 Å². The number of hydrogen-bond acceptors (Lipinski definition) is 2. The van der Waals surface area contributed by atoms with Crippen molar-refractivity contribution in [2.24, 2.45) is 0 Å². The van der Waals surface area contributed by atoms with Crippen molar-refractivity contribution in [2.45, 2.75) is 18.6 Å². The van der Waals surface area contributed by atoms with E-state index in [1.165, 1.54) is 0 Å². The molecule has 0 saturated carbocycles. The van der Waals surface area contributed by atoms with Gasteiger partial charge in [0.2, 0.25) is 0 Å². The van der Waals surface area contributed by atoms with Gasteiger partial charge in [-0.2, -0.15) is 0 Å². The van der Waals surface area contributed by atoms with E-state index in [0.29, 0.717) is 12.2 Å². The predicted octanol–water partition coefficient (Wildman–Crippen LogP) is 0.174. The standard InChI is InChI=1S/C5H8O2/c1-2-6-5-3-7-4(1)5/h4-5H,1-3H2. The summed E-state index contributed by atoms with van der Waals surface area (Å²) >= 11 is 0. The Morgan fingerprint density at radius 1 is 1.14 bits per heavy atom. The maximum Gasteiger partial charge on any atom is 0.107 e. The number of rotatable bonds is 0. The Kier molecular flexibility index (Phi) is 0.664. The number of fused-ring (bicyclic) bond motifs is 1. The van der Waals surface area contributed by atoms with Gasteiger partial charge in [0.25, 0.3) is 0 Å². The molecule has 7 heavy (non-hydrogen) atoms. The van der Waals surface area contributed by atoms with Crippen molar-refractivity contribution < 1.29 is 9.47 Å². The van der Waals surface area contributed by atoms with E-state index in [1.807, 2.05) is 0 Å². The SMILES string of the molecule is C1CC2OCC2O1. The van der Waals surface area contributed by atoms with Crippen molar-refractivity contribution in [1.82, 2.24) is 0 Å². The second-order valence-electron chi connectivity index (χ2n) is 2.07. The Bertz CT molecular complexity index is 72.1. The lowest BCUT2D eigenvalue weighted by atomic mass is 10.1. The third kappa shape index (κ3) is 0.409. The molecule has 2 rings (SSSR count). The van der Waals surface area contributed by atoms with E-state index >= 15 is 0 Å². The van der Waals surface area contributed by atoms with Crippen LogP contribution >= 0.6 is 0 Å². The van der Waals surface area contributed by atoms with E-state index in [0.717, 1.165) is 19.6 Å². The molecular weight excluding hydrogens is 92.1 g/mol. The van der Waals surface area contributed by atoms with Gasteiger partial charge in [0.05, 0.1) is 12.7 Å². The zero-order chi connectivity index (χ0) is 4.69. The quantitative estimate of drug-likeness (QED) is 0.432. The Labute approximate surface area is 42.4 Å². The largest absolute Gasteiger partial charge is 0.373 e. The van der Waals surface area contributed by atoms with Crippen molar-refractivity contribution in [1.29, 1.82) is 0 Å². The third-order valence-corrected chi connectivity index (χ3v) is 1.62. The van der Waals surface area contributed by atoms with E-state index in [2.05, 4.69) is 0 Å². The summed E-state index contributed by atoms with van der Waals surface area (Å²) in [5, 5.41) is 0. The molecular formula is C5H8O2. The molecule has 2 heterocycles. The Morgan fingerprint density at radius 2 is 2.14 bits per heavy atom. The number of ether oxygens (including phenoxy) is 2. The molecule has 2 saturated heterocycles. The van der Waals surface area contributed by atoms with Gasteiger partial charge in [-0.3, -0.25) is 0 Å².